The van der Waals surface area contributed by atoms with E-state index >= 15 is 0 Å². The van der Waals surface area contributed by atoms with Gasteiger partial charge in [0.2, 0.25) is 10.0 Å². The highest BCUT2D eigenvalue weighted by molar-refractivity contribution is 7.89. The number of rotatable bonds is 3. The molecule has 0 aliphatic rings. The Balaban J connectivity index is 1.68. The Labute approximate surface area is 156 Å². The monoisotopic (exact) mass is 400 g/mol. The molecule has 0 spiro atoms. The molecular formula is C17H12N4O4S2. The van der Waals surface area contributed by atoms with Gasteiger partial charge < -0.3 is 5.32 Å². The van der Waals surface area contributed by atoms with Crippen molar-refractivity contribution in [2.24, 2.45) is 5.14 Å². The van der Waals surface area contributed by atoms with Gasteiger partial charge in [-0.1, -0.05) is 23.5 Å². The number of aromatic nitrogens is 2. The second-order valence-corrected chi connectivity index (χ2v) is 8.26. The molecule has 0 atom stereocenters. The van der Waals surface area contributed by atoms with Gasteiger partial charge in [-0.15, -0.1) is 0 Å². The van der Waals surface area contributed by atoms with E-state index in [-0.39, 0.29) is 15.3 Å². The van der Waals surface area contributed by atoms with E-state index in [0.717, 1.165) is 11.3 Å². The third-order valence-electron chi connectivity index (χ3n) is 3.87. The van der Waals surface area contributed by atoms with Crippen LogP contribution in [0.25, 0.3) is 16.0 Å². The van der Waals surface area contributed by atoms with Crippen molar-refractivity contribution < 1.29 is 13.2 Å². The Morgan fingerprint density at radius 2 is 1.81 bits per heavy atom. The maximum atomic E-state index is 12.5. The molecule has 2 aromatic heterocycles. The van der Waals surface area contributed by atoms with Crippen molar-refractivity contribution in [1.29, 1.82) is 0 Å². The van der Waals surface area contributed by atoms with Gasteiger partial charge in [-0.25, -0.2) is 18.5 Å². The number of imidazole rings is 1. The van der Waals surface area contributed by atoms with Crippen LogP contribution in [-0.4, -0.2) is 23.7 Å². The summed E-state index contributed by atoms with van der Waals surface area (Å²) in [4.78, 5) is 29.9. The fourth-order valence-electron chi connectivity index (χ4n) is 2.62. The van der Waals surface area contributed by atoms with Crippen LogP contribution in [0.5, 0.6) is 0 Å². The van der Waals surface area contributed by atoms with Crippen LogP contribution < -0.4 is 16.0 Å². The summed E-state index contributed by atoms with van der Waals surface area (Å²) in [6, 6.07) is 13.9. The number of carbonyl (C=O) groups excluding carboxylic acids is 1. The molecule has 2 heterocycles. The third-order valence-corrected chi connectivity index (χ3v) is 5.78. The zero-order chi connectivity index (χ0) is 19.2. The number of para-hydroxylation sites is 2. The lowest BCUT2D eigenvalue weighted by atomic mass is 10.3. The van der Waals surface area contributed by atoms with Crippen molar-refractivity contribution in [1.82, 2.24) is 9.38 Å². The summed E-state index contributed by atoms with van der Waals surface area (Å²) in [5.41, 5.74) is 1.37. The maximum Gasteiger partial charge on any atom is 0.266 e. The maximum absolute atomic E-state index is 12.5. The van der Waals surface area contributed by atoms with Crippen molar-refractivity contribution in [3.63, 3.8) is 0 Å². The lowest BCUT2D eigenvalue weighted by molar-refractivity contribution is 0.103. The van der Waals surface area contributed by atoms with Gasteiger partial charge in [0.05, 0.1) is 15.9 Å². The first kappa shape index (κ1) is 17.3. The molecule has 0 fully saturated rings. The van der Waals surface area contributed by atoms with E-state index in [9.17, 15) is 18.0 Å². The minimum atomic E-state index is -3.81. The molecule has 136 valence electrons. The minimum absolute atomic E-state index is 0.0596. The lowest BCUT2D eigenvalue weighted by Gasteiger charge is -2.06. The van der Waals surface area contributed by atoms with E-state index in [4.69, 9.17) is 5.14 Å². The smallest absolute Gasteiger partial charge is 0.266 e. The summed E-state index contributed by atoms with van der Waals surface area (Å²) in [5, 5.41) is 7.67. The first-order chi connectivity index (χ1) is 12.8. The molecule has 4 rings (SSSR count). The first-order valence-corrected chi connectivity index (χ1v) is 10.0. The van der Waals surface area contributed by atoms with Gasteiger partial charge >= 0.3 is 0 Å². The topological polar surface area (TPSA) is 124 Å². The molecule has 0 unspecified atom stereocenters. The molecule has 8 nitrogen and oxygen atoms in total. The summed E-state index contributed by atoms with van der Waals surface area (Å²) in [6.07, 6.45) is 0. The SMILES string of the molecule is NS(=O)(=O)c1ccc(NC(=O)c2cc(=O)n3c(nc4ccccc43)s2)cc1. The van der Waals surface area contributed by atoms with E-state index in [0.29, 0.717) is 21.7 Å². The number of hydrogen-bond donors (Lipinski definition) is 2. The zero-order valence-electron chi connectivity index (χ0n) is 13.6. The highest BCUT2D eigenvalue weighted by Gasteiger charge is 2.14. The summed E-state index contributed by atoms with van der Waals surface area (Å²) in [6.45, 7) is 0. The van der Waals surface area contributed by atoms with Crippen molar-refractivity contribution in [2.75, 3.05) is 5.32 Å². The second kappa shape index (κ2) is 6.27. The van der Waals surface area contributed by atoms with E-state index in [1.807, 2.05) is 12.1 Å². The molecule has 0 aliphatic heterocycles. The quantitative estimate of drug-likeness (QED) is 0.543. The number of sulfonamides is 1. The van der Waals surface area contributed by atoms with E-state index in [2.05, 4.69) is 10.3 Å². The molecule has 0 radical (unpaired) electrons. The Bertz CT molecular complexity index is 1360. The normalized spacial score (nSPS) is 11.7. The third kappa shape index (κ3) is 3.21. The van der Waals surface area contributed by atoms with Crippen LogP contribution in [-0.2, 0) is 10.0 Å². The highest BCUT2D eigenvalue weighted by atomic mass is 32.2. The van der Waals surface area contributed by atoms with Crippen LogP contribution in [0.2, 0.25) is 0 Å². The standard InChI is InChI=1S/C17H12N4O4S2/c18-27(24,25)11-7-5-10(6-8-11)19-16(23)14-9-15(22)21-13-4-2-1-3-12(13)20-17(21)26-14/h1-9H,(H,19,23)(H2,18,24,25). The van der Waals surface area contributed by atoms with Crippen LogP contribution in [0, 0.1) is 0 Å². The average Bonchev–Trinajstić information content (AvgIpc) is 3.00. The number of nitrogens with zero attached hydrogens (tertiary/aromatic N) is 2. The number of nitrogens with one attached hydrogen (secondary N) is 1. The number of carbonyl (C=O) groups is 1. The molecular weight excluding hydrogens is 388 g/mol. The van der Waals surface area contributed by atoms with Crippen LogP contribution in [0.4, 0.5) is 5.69 Å². The lowest BCUT2D eigenvalue weighted by Crippen LogP contribution is -2.17. The number of amides is 1. The zero-order valence-corrected chi connectivity index (χ0v) is 15.3. The molecule has 27 heavy (non-hydrogen) atoms. The Kier molecular flexibility index (Phi) is 4.02. The van der Waals surface area contributed by atoms with Gasteiger partial charge in [0.25, 0.3) is 11.5 Å². The minimum Gasteiger partial charge on any atom is -0.321 e. The Morgan fingerprint density at radius 1 is 1.11 bits per heavy atom. The molecule has 2 aromatic carbocycles. The summed E-state index contributed by atoms with van der Waals surface area (Å²) < 4.78 is 24.0. The summed E-state index contributed by atoms with van der Waals surface area (Å²) in [5.74, 6) is -0.491. The van der Waals surface area contributed by atoms with Gasteiger partial charge in [0, 0.05) is 11.8 Å². The molecule has 3 N–H and O–H groups in total. The highest BCUT2D eigenvalue weighted by Crippen LogP contribution is 2.20. The van der Waals surface area contributed by atoms with E-state index < -0.39 is 15.9 Å². The molecule has 0 bridgehead atoms. The van der Waals surface area contributed by atoms with Crippen LogP contribution in [0.3, 0.4) is 0 Å². The molecule has 0 saturated carbocycles. The number of anilines is 1. The van der Waals surface area contributed by atoms with Crippen LogP contribution >= 0.6 is 11.3 Å². The number of hydrogen-bond acceptors (Lipinski definition) is 6. The van der Waals surface area contributed by atoms with Crippen LogP contribution in [0.1, 0.15) is 9.67 Å². The van der Waals surface area contributed by atoms with E-state index in [1.54, 1.807) is 12.1 Å². The van der Waals surface area contributed by atoms with Gasteiger partial charge in [-0.3, -0.25) is 14.0 Å². The fourth-order valence-corrected chi connectivity index (χ4v) is 4.06. The van der Waals surface area contributed by atoms with Crippen molar-refractivity contribution in [3.05, 3.63) is 69.8 Å². The number of primary sulfonamides is 1. The largest absolute Gasteiger partial charge is 0.321 e. The van der Waals surface area contributed by atoms with Crippen LogP contribution in [0.15, 0.2) is 64.3 Å². The van der Waals surface area contributed by atoms with Crippen molar-refractivity contribution in [2.45, 2.75) is 4.90 Å². The summed E-state index contributed by atoms with van der Waals surface area (Å²) in [7, 11) is -3.81. The number of fused-ring (bicyclic) bond motifs is 3. The predicted octanol–water partition coefficient (Wildman–Crippen LogP) is 1.81. The van der Waals surface area contributed by atoms with Gasteiger partial charge in [-0.05, 0) is 36.4 Å². The average molecular weight is 400 g/mol. The summed E-state index contributed by atoms with van der Waals surface area (Å²) >= 11 is 1.09. The molecule has 0 aliphatic carbocycles. The predicted molar refractivity (Wildman–Crippen MR) is 103 cm³/mol. The van der Waals surface area contributed by atoms with E-state index in [1.165, 1.54) is 34.7 Å². The Morgan fingerprint density at radius 3 is 2.52 bits per heavy atom. The second-order valence-electron chi connectivity index (χ2n) is 5.69. The molecule has 4 aromatic rings. The first-order valence-electron chi connectivity index (χ1n) is 7.68. The molecule has 0 saturated heterocycles. The van der Waals surface area contributed by atoms with Gasteiger partial charge in [0.1, 0.15) is 4.88 Å². The Hall–Kier alpha value is -3.08. The fraction of sp³-hybridized carbons (Fsp3) is 0. The molecule has 10 heteroatoms. The van der Waals surface area contributed by atoms with Gasteiger partial charge in [-0.2, -0.15) is 0 Å². The van der Waals surface area contributed by atoms with Gasteiger partial charge in [0.15, 0.2) is 4.96 Å². The molecule has 1 amide bonds. The number of benzene rings is 2. The van der Waals surface area contributed by atoms with Crippen molar-refractivity contribution in [3.8, 4) is 0 Å². The van der Waals surface area contributed by atoms with Crippen molar-refractivity contribution >= 4 is 48.9 Å². The number of nitrogens with two attached hydrogens (primary N) is 1.